The number of carbonyl (C=O) groups is 1. The molecule has 2 aromatic carbocycles. The van der Waals surface area contributed by atoms with Gasteiger partial charge in [0, 0.05) is 11.1 Å². The molecule has 1 aliphatic rings. The first kappa shape index (κ1) is 20.1. The lowest BCUT2D eigenvalue weighted by Gasteiger charge is -2.18. The molecule has 0 N–H and O–H groups in total. The van der Waals surface area contributed by atoms with Gasteiger partial charge in [0.1, 0.15) is 0 Å². The number of aryl methyl sites for hydroxylation is 1. The van der Waals surface area contributed by atoms with E-state index in [4.69, 9.17) is 9.52 Å². The molecule has 0 radical (unpaired) electrons. The van der Waals surface area contributed by atoms with E-state index in [1.165, 1.54) is 34.2 Å². The molecule has 0 spiro atoms. The van der Waals surface area contributed by atoms with E-state index in [-0.39, 0.29) is 11.5 Å². The Morgan fingerprint density at radius 2 is 1.85 bits per heavy atom. The molecule has 0 unspecified atom stereocenters. The fourth-order valence-electron chi connectivity index (χ4n) is 4.12. The van der Waals surface area contributed by atoms with E-state index in [1.54, 1.807) is 0 Å². The van der Waals surface area contributed by atoms with Crippen molar-refractivity contribution < 1.29 is 9.21 Å². The minimum atomic E-state index is 0.0529. The number of para-hydroxylation sites is 1. The summed E-state index contributed by atoms with van der Waals surface area (Å²) in [5.41, 5.74) is 6.34. The summed E-state index contributed by atoms with van der Waals surface area (Å²) >= 11 is 2.69. The molecule has 0 amide bonds. The van der Waals surface area contributed by atoms with Crippen LogP contribution < -0.4 is 0 Å². The van der Waals surface area contributed by atoms with Crippen molar-refractivity contribution in [1.82, 2.24) is 20.0 Å². The zero-order valence-corrected chi connectivity index (χ0v) is 19.1. The number of nitrogens with zero attached hydrogens (tertiary/aromatic N) is 4. The molecule has 33 heavy (non-hydrogen) atoms. The summed E-state index contributed by atoms with van der Waals surface area (Å²) in [5.74, 6) is 0.690. The third kappa shape index (κ3) is 3.71. The Hall–Kier alpha value is -3.49. The topological polar surface area (TPSA) is 73.8 Å². The van der Waals surface area contributed by atoms with Gasteiger partial charge in [-0.05, 0) is 42.0 Å². The van der Waals surface area contributed by atoms with Crippen molar-refractivity contribution in [3.63, 3.8) is 0 Å². The molecule has 3 heterocycles. The summed E-state index contributed by atoms with van der Waals surface area (Å²) in [5, 5.41) is 15.6. The van der Waals surface area contributed by atoms with Crippen LogP contribution in [0.1, 0.15) is 20.8 Å². The summed E-state index contributed by atoms with van der Waals surface area (Å²) in [6.07, 6.45) is 1.78. The molecule has 0 saturated heterocycles. The second-order valence-corrected chi connectivity index (χ2v) is 9.52. The number of thioether (sulfide) groups is 1. The van der Waals surface area contributed by atoms with Crippen LogP contribution in [-0.4, -0.2) is 31.5 Å². The number of hydrogen-bond acceptors (Lipinski definition) is 7. The minimum Gasteiger partial charge on any atom is -0.410 e. The molecule has 162 valence electrons. The van der Waals surface area contributed by atoms with E-state index in [0.717, 1.165) is 34.7 Å². The molecular weight excluding hydrogens is 452 g/mol. The zero-order chi connectivity index (χ0) is 22.2. The average molecular weight is 471 g/mol. The number of ketones is 1. The van der Waals surface area contributed by atoms with Crippen molar-refractivity contribution >= 4 is 28.9 Å². The predicted octanol–water partition coefficient (Wildman–Crippen LogP) is 5.72. The van der Waals surface area contributed by atoms with Crippen LogP contribution in [-0.2, 0) is 12.8 Å². The maximum Gasteiger partial charge on any atom is 0.277 e. The van der Waals surface area contributed by atoms with E-state index < -0.39 is 0 Å². The Bertz CT molecular complexity index is 1440. The number of benzene rings is 2. The zero-order valence-electron chi connectivity index (χ0n) is 17.5. The smallest absolute Gasteiger partial charge is 0.277 e. The summed E-state index contributed by atoms with van der Waals surface area (Å²) in [6.45, 7) is 0. The van der Waals surface area contributed by atoms with Crippen LogP contribution in [0.3, 0.4) is 0 Å². The largest absolute Gasteiger partial charge is 0.410 e. The summed E-state index contributed by atoms with van der Waals surface area (Å²) in [4.78, 5) is 13.0. The van der Waals surface area contributed by atoms with Gasteiger partial charge in [-0.1, -0.05) is 60.3 Å². The van der Waals surface area contributed by atoms with Gasteiger partial charge >= 0.3 is 0 Å². The molecule has 6 nitrogen and oxygen atoms in total. The van der Waals surface area contributed by atoms with E-state index in [0.29, 0.717) is 16.8 Å². The van der Waals surface area contributed by atoms with Gasteiger partial charge in [-0.15, -0.1) is 21.5 Å². The van der Waals surface area contributed by atoms with Gasteiger partial charge in [0.05, 0.1) is 22.0 Å². The number of aromatic nitrogens is 4. The van der Waals surface area contributed by atoms with Crippen molar-refractivity contribution in [2.45, 2.75) is 18.1 Å². The summed E-state index contributed by atoms with van der Waals surface area (Å²) < 4.78 is 7.93. The Kier molecular flexibility index (Phi) is 5.16. The predicted molar refractivity (Wildman–Crippen MR) is 129 cm³/mol. The highest BCUT2D eigenvalue weighted by Gasteiger charge is 2.29. The average Bonchev–Trinajstić information content (AvgIpc) is 3.63. The molecule has 5 aromatic rings. The minimum absolute atomic E-state index is 0.0529. The molecule has 6 rings (SSSR count). The van der Waals surface area contributed by atoms with Gasteiger partial charge in [0.15, 0.2) is 11.5 Å². The number of fused-ring (bicyclic) bond motifs is 3. The first-order valence-electron chi connectivity index (χ1n) is 10.6. The van der Waals surface area contributed by atoms with Crippen molar-refractivity contribution in [1.29, 1.82) is 0 Å². The van der Waals surface area contributed by atoms with Crippen LogP contribution in [0.4, 0.5) is 0 Å². The number of rotatable bonds is 6. The first-order chi connectivity index (χ1) is 16.3. The third-order valence-electron chi connectivity index (χ3n) is 5.63. The molecule has 0 saturated carbocycles. The van der Waals surface area contributed by atoms with Crippen LogP contribution in [0.2, 0.25) is 0 Å². The third-order valence-corrected chi connectivity index (χ3v) is 7.36. The molecule has 1 aliphatic carbocycles. The second-order valence-electron chi connectivity index (χ2n) is 7.64. The lowest BCUT2D eigenvalue weighted by Crippen LogP contribution is -2.07. The van der Waals surface area contributed by atoms with E-state index in [1.807, 2.05) is 52.5 Å². The van der Waals surface area contributed by atoms with Crippen molar-refractivity contribution in [3.8, 4) is 28.5 Å². The van der Waals surface area contributed by atoms with Crippen LogP contribution in [0.5, 0.6) is 0 Å². The van der Waals surface area contributed by atoms with Crippen molar-refractivity contribution in [2.24, 2.45) is 0 Å². The number of carbonyl (C=O) groups excluding carboxylic acids is 1. The van der Waals surface area contributed by atoms with Crippen molar-refractivity contribution in [2.75, 3.05) is 5.75 Å². The summed E-state index contributed by atoms with van der Waals surface area (Å²) in [7, 11) is 0. The van der Waals surface area contributed by atoms with Crippen LogP contribution in [0.15, 0.2) is 81.8 Å². The molecule has 8 heteroatoms. The van der Waals surface area contributed by atoms with Gasteiger partial charge in [0.25, 0.3) is 11.1 Å². The highest BCUT2D eigenvalue weighted by atomic mass is 32.2. The van der Waals surface area contributed by atoms with Gasteiger partial charge in [0.2, 0.25) is 0 Å². The fraction of sp³-hybridized carbons (Fsp3) is 0.120. The Morgan fingerprint density at radius 1 is 1.00 bits per heavy atom. The SMILES string of the molecule is O=C(CSc1nnc(-c2nn(-c3ccccc3)c3c2CCc2ccccc2-3)o1)c1cccs1. The van der Waals surface area contributed by atoms with Gasteiger partial charge in [-0.2, -0.15) is 5.10 Å². The van der Waals surface area contributed by atoms with Crippen LogP contribution in [0, 0.1) is 0 Å². The fourth-order valence-corrected chi connectivity index (χ4v) is 5.52. The van der Waals surface area contributed by atoms with Crippen molar-refractivity contribution in [3.05, 3.63) is 88.1 Å². The van der Waals surface area contributed by atoms with Gasteiger partial charge < -0.3 is 4.42 Å². The monoisotopic (exact) mass is 470 g/mol. The number of Topliss-reactive ketones (excluding diaryl/α,β-unsaturated/α-hetero) is 1. The second kappa shape index (κ2) is 8.46. The highest BCUT2D eigenvalue weighted by molar-refractivity contribution is 7.99. The van der Waals surface area contributed by atoms with Gasteiger partial charge in [-0.3, -0.25) is 4.79 Å². The Labute approximate surface area is 198 Å². The highest BCUT2D eigenvalue weighted by Crippen LogP contribution is 2.40. The van der Waals surface area contributed by atoms with E-state index in [9.17, 15) is 4.79 Å². The van der Waals surface area contributed by atoms with E-state index >= 15 is 0 Å². The summed E-state index contributed by atoms with van der Waals surface area (Å²) in [6, 6.07) is 22.2. The lowest BCUT2D eigenvalue weighted by molar-refractivity contribution is 0.102. The molecular formula is C25H18N4O2S2. The first-order valence-corrected chi connectivity index (χ1v) is 12.4. The van der Waals surface area contributed by atoms with E-state index in [2.05, 4.69) is 34.5 Å². The molecule has 0 fully saturated rings. The van der Waals surface area contributed by atoms with Gasteiger partial charge in [-0.25, -0.2) is 4.68 Å². The van der Waals surface area contributed by atoms with Crippen LogP contribution in [0.25, 0.3) is 28.5 Å². The molecule has 0 atom stereocenters. The normalized spacial score (nSPS) is 12.4. The maximum atomic E-state index is 12.3. The number of thiophene rings is 1. The van der Waals surface area contributed by atoms with Crippen LogP contribution >= 0.6 is 23.1 Å². The number of hydrogen-bond donors (Lipinski definition) is 0. The quantitative estimate of drug-likeness (QED) is 0.233. The Morgan fingerprint density at radius 3 is 2.70 bits per heavy atom. The molecule has 0 bridgehead atoms. The lowest BCUT2D eigenvalue weighted by atomic mass is 9.89. The maximum absolute atomic E-state index is 12.3. The standard InChI is InChI=1S/C25H18N4O2S2/c30-20(21-11-6-14-32-21)15-33-25-27-26-24(31-25)22-19-13-12-16-7-4-5-10-18(16)23(19)29(28-22)17-8-2-1-3-9-17/h1-11,14H,12-13,15H2. The molecule has 0 aliphatic heterocycles. The molecule has 3 aromatic heterocycles. The Balaban J connectivity index is 1.37.